The van der Waals surface area contributed by atoms with Gasteiger partial charge in [0, 0.05) is 13.6 Å². The van der Waals surface area contributed by atoms with E-state index in [2.05, 4.69) is 17.4 Å². The molecule has 1 saturated carbocycles. The van der Waals surface area contributed by atoms with Gasteiger partial charge in [0.15, 0.2) is 0 Å². The fraction of sp³-hybridized carbons (Fsp3) is 0.588. The molecule has 124 valence electrons. The third-order valence-corrected chi connectivity index (χ3v) is 3.98. The van der Waals surface area contributed by atoms with Crippen molar-refractivity contribution in [2.24, 2.45) is 5.92 Å². The average molecular weight is 327 g/mol. The number of rotatable bonds is 7. The number of halogens is 1. The van der Waals surface area contributed by atoms with Crippen LogP contribution in [0.15, 0.2) is 12.1 Å². The second kappa shape index (κ2) is 8.39. The monoisotopic (exact) mass is 326 g/mol. The Morgan fingerprint density at radius 3 is 2.41 bits per heavy atom. The first-order valence-corrected chi connectivity index (χ1v) is 7.60. The molecule has 0 saturated heterocycles. The lowest BCUT2D eigenvalue weighted by molar-refractivity contribution is -0.129. The van der Waals surface area contributed by atoms with E-state index < -0.39 is 0 Å². The number of hydrogen-bond donors (Lipinski definition) is 1. The average Bonchev–Trinajstić information content (AvgIpc) is 3.22. The molecule has 0 atom stereocenters. The van der Waals surface area contributed by atoms with Gasteiger partial charge in [-0.2, -0.15) is 0 Å². The number of methoxy groups -OCH3 is 1. The van der Waals surface area contributed by atoms with Gasteiger partial charge in [-0.25, -0.2) is 0 Å². The maximum Gasteiger partial charge on any atom is 0.236 e. The van der Waals surface area contributed by atoms with Crippen molar-refractivity contribution in [1.29, 1.82) is 0 Å². The topological polar surface area (TPSA) is 41.6 Å². The summed E-state index contributed by atoms with van der Waals surface area (Å²) >= 11 is 0. The number of hydrogen-bond acceptors (Lipinski definition) is 3. The summed E-state index contributed by atoms with van der Waals surface area (Å²) < 4.78 is 5.37. The molecule has 1 aliphatic rings. The molecule has 0 radical (unpaired) electrons. The minimum absolute atomic E-state index is 0. The molecule has 0 aromatic heterocycles. The van der Waals surface area contributed by atoms with Crippen molar-refractivity contribution < 1.29 is 9.53 Å². The molecule has 1 amide bonds. The number of nitrogens with one attached hydrogen (secondary N) is 1. The predicted octanol–water partition coefficient (Wildman–Crippen LogP) is 2.69. The van der Waals surface area contributed by atoms with Crippen LogP contribution in [0, 0.1) is 19.8 Å². The number of likely N-dealkylation sites (N-methyl/N-ethyl adjacent to an activating group) is 1. The number of carbonyl (C=O) groups is 1. The van der Waals surface area contributed by atoms with Crippen molar-refractivity contribution in [3.8, 4) is 5.75 Å². The third-order valence-electron chi connectivity index (χ3n) is 3.98. The van der Waals surface area contributed by atoms with E-state index in [1.54, 1.807) is 12.0 Å². The molecule has 1 aliphatic carbocycles. The summed E-state index contributed by atoms with van der Waals surface area (Å²) in [5.74, 6) is 1.87. The number of amides is 1. The maximum absolute atomic E-state index is 12.1. The van der Waals surface area contributed by atoms with Gasteiger partial charge in [0.05, 0.1) is 13.7 Å². The van der Waals surface area contributed by atoms with Crippen molar-refractivity contribution in [2.75, 3.05) is 27.2 Å². The summed E-state index contributed by atoms with van der Waals surface area (Å²) in [6.45, 7) is 6.11. The van der Waals surface area contributed by atoms with Crippen molar-refractivity contribution in [2.45, 2.75) is 33.2 Å². The SMILES string of the molecule is COc1c(C)cc(CN(C)C(=O)CNCC2CC2)cc1C.Cl. The molecule has 0 aliphatic heterocycles. The van der Waals surface area contributed by atoms with Gasteiger partial charge in [0.2, 0.25) is 5.91 Å². The van der Waals surface area contributed by atoms with Gasteiger partial charge in [-0.15, -0.1) is 12.4 Å². The minimum atomic E-state index is 0. The lowest BCUT2D eigenvalue weighted by Gasteiger charge is -2.19. The van der Waals surface area contributed by atoms with Crippen LogP contribution in [-0.2, 0) is 11.3 Å². The third kappa shape index (κ3) is 5.18. The zero-order chi connectivity index (χ0) is 15.4. The number of benzene rings is 1. The van der Waals surface area contributed by atoms with E-state index in [9.17, 15) is 4.79 Å². The quantitative estimate of drug-likeness (QED) is 0.837. The van der Waals surface area contributed by atoms with E-state index in [1.165, 1.54) is 12.8 Å². The van der Waals surface area contributed by atoms with Crippen LogP contribution in [-0.4, -0.2) is 38.1 Å². The van der Waals surface area contributed by atoms with Gasteiger partial charge in [-0.05, 0) is 55.8 Å². The fourth-order valence-corrected chi connectivity index (χ4v) is 2.66. The highest BCUT2D eigenvalue weighted by atomic mass is 35.5. The molecule has 5 heteroatoms. The van der Waals surface area contributed by atoms with Gasteiger partial charge < -0.3 is 15.0 Å². The Morgan fingerprint density at radius 1 is 1.32 bits per heavy atom. The lowest BCUT2D eigenvalue weighted by atomic mass is 10.1. The highest BCUT2D eigenvalue weighted by molar-refractivity contribution is 5.85. The summed E-state index contributed by atoms with van der Waals surface area (Å²) in [4.78, 5) is 13.9. The van der Waals surface area contributed by atoms with Crippen LogP contribution in [0.3, 0.4) is 0 Å². The van der Waals surface area contributed by atoms with Crippen LogP contribution in [0.1, 0.15) is 29.5 Å². The first-order valence-electron chi connectivity index (χ1n) is 7.60. The molecule has 4 nitrogen and oxygen atoms in total. The smallest absolute Gasteiger partial charge is 0.236 e. The van der Waals surface area contributed by atoms with E-state index >= 15 is 0 Å². The van der Waals surface area contributed by atoms with Crippen molar-refractivity contribution >= 4 is 18.3 Å². The molecular formula is C17H27ClN2O2. The van der Waals surface area contributed by atoms with Crippen LogP contribution < -0.4 is 10.1 Å². The van der Waals surface area contributed by atoms with Gasteiger partial charge in [-0.3, -0.25) is 4.79 Å². The first-order chi connectivity index (χ1) is 10.0. The second-order valence-electron chi connectivity index (χ2n) is 6.09. The van der Waals surface area contributed by atoms with Crippen LogP contribution in [0.4, 0.5) is 0 Å². The zero-order valence-corrected chi connectivity index (χ0v) is 14.8. The number of aryl methyl sites for hydroxylation is 2. The highest BCUT2D eigenvalue weighted by Gasteiger charge is 2.21. The van der Waals surface area contributed by atoms with Crippen LogP contribution >= 0.6 is 12.4 Å². The Hall–Kier alpha value is -1.26. The molecule has 1 fully saturated rings. The van der Waals surface area contributed by atoms with Crippen LogP contribution in [0.5, 0.6) is 5.75 Å². The molecular weight excluding hydrogens is 300 g/mol. The van der Waals surface area contributed by atoms with Crippen molar-refractivity contribution in [3.05, 3.63) is 28.8 Å². The second-order valence-corrected chi connectivity index (χ2v) is 6.09. The minimum Gasteiger partial charge on any atom is -0.496 e. The highest BCUT2D eigenvalue weighted by Crippen LogP contribution is 2.27. The molecule has 0 heterocycles. The van der Waals surface area contributed by atoms with E-state index in [4.69, 9.17) is 4.74 Å². The molecule has 1 N–H and O–H groups in total. The Kier molecular flexibility index (Phi) is 7.17. The lowest BCUT2D eigenvalue weighted by Crippen LogP contribution is -2.35. The summed E-state index contributed by atoms with van der Waals surface area (Å²) in [7, 11) is 3.55. The summed E-state index contributed by atoms with van der Waals surface area (Å²) in [5.41, 5.74) is 3.37. The Morgan fingerprint density at radius 2 is 1.91 bits per heavy atom. The van der Waals surface area contributed by atoms with Crippen molar-refractivity contribution in [3.63, 3.8) is 0 Å². The summed E-state index contributed by atoms with van der Waals surface area (Å²) in [6, 6.07) is 4.18. The summed E-state index contributed by atoms with van der Waals surface area (Å²) in [6.07, 6.45) is 2.61. The predicted molar refractivity (Wildman–Crippen MR) is 91.8 cm³/mol. The van der Waals surface area contributed by atoms with E-state index in [-0.39, 0.29) is 18.3 Å². The summed E-state index contributed by atoms with van der Waals surface area (Å²) in [5, 5.41) is 3.24. The Balaban J connectivity index is 0.00000242. The molecule has 22 heavy (non-hydrogen) atoms. The number of ether oxygens (including phenoxy) is 1. The molecule has 1 aromatic carbocycles. The van der Waals surface area contributed by atoms with Crippen LogP contribution in [0.25, 0.3) is 0 Å². The normalized spacial score (nSPS) is 13.5. The Bertz CT molecular complexity index is 492. The Labute approximate surface area is 139 Å². The van der Waals surface area contributed by atoms with Gasteiger partial charge >= 0.3 is 0 Å². The number of nitrogens with zero attached hydrogens (tertiary/aromatic N) is 1. The molecule has 2 rings (SSSR count). The standard InChI is InChI=1S/C17H26N2O2.ClH/c1-12-7-15(8-13(2)17(12)21-4)11-19(3)16(20)10-18-9-14-5-6-14;/h7-8,14,18H,5-6,9-11H2,1-4H3;1H. The fourth-order valence-electron chi connectivity index (χ4n) is 2.66. The maximum atomic E-state index is 12.1. The van der Waals surface area contributed by atoms with Crippen LogP contribution in [0.2, 0.25) is 0 Å². The van der Waals surface area contributed by atoms with Gasteiger partial charge in [-0.1, -0.05) is 12.1 Å². The van der Waals surface area contributed by atoms with E-state index in [1.807, 2.05) is 20.9 Å². The first kappa shape index (κ1) is 18.8. The van der Waals surface area contributed by atoms with Gasteiger partial charge in [0.1, 0.15) is 5.75 Å². The largest absolute Gasteiger partial charge is 0.496 e. The van der Waals surface area contributed by atoms with Gasteiger partial charge in [0.25, 0.3) is 0 Å². The van der Waals surface area contributed by atoms with E-state index in [0.717, 1.165) is 34.9 Å². The van der Waals surface area contributed by atoms with Crippen molar-refractivity contribution in [1.82, 2.24) is 10.2 Å². The molecule has 0 unspecified atom stereocenters. The zero-order valence-electron chi connectivity index (χ0n) is 13.9. The molecule has 0 bridgehead atoms. The molecule has 0 spiro atoms. The molecule has 1 aromatic rings. The van der Waals surface area contributed by atoms with E-state index in [0.29, 0.717) is 13.1 Å². The number of carbonyl (C=O) groups excluding carboxylic acids is 1.